The topological polar surface area (TPSA) is 96.4 Å². The van der Waals surface area contributed by atoms with Gasteiger partial charge < -0.3 is 19.7 Å². The van der Waals surface area contributed by atoms with Gasteiger partial charge in [0, 0.05) is 6.42 Å². The molecule has 186 valence electrons. The van der Waals surface area contributed by atoms with Crippen LogP contribution >= 0.6 is 0 Å². The zero-order valence-corrected chi connectivity index (χ0v) is 20.8. The van der Waals surface area contributed by atoms with E-state index in [9.17, 15) is 19.8 Å². The van der Waals surface area contributed by atoms with Crippen LogP contribution in [0.3, 0.4) is 0 Å². The normalized spacial score (nSPS) is 52.4. The van der Waals surface area contributed by atoms with Gasteiger partial charge in [-0.25, -0.2) is 4.79 Å². The lowest BCUT2D eigenvalue weighted by Gasteiger charge is -2.58. The molecule has 6 nitrogen and oxygen atoms in total. The molecule has 4 fully saturated rings. The van der Waals surface area contributed by atoms with E-state index in [0.29, 0.717) is 29.7 Å². The lowest BCUT2D eigenvalue weighted by atomic mass is 9.44. The van der Waals surface area contributed by atoms with Gasteiger partial charge in [0.1, 0.15) is 17.8 Å². The number of rotatable bonds is 3. The van der Waals surface area contributed by atoms with Gasteiger partial charge in [-0.3, -0.25) is 4.79 Å². The first-order valence-electron chi connectivity index (χ1n) is 13.2. The molecule has 34 heavy (non-hydrogen) atoms. The van der Waals surface area contributed by atoms with E-state index < -0.39 is 17.1 Å². The smallest absolute Gasteiger partial charge is 0.336 e. The van der Waals surface area contributed by atoms with E-state index >= 15 is 0 Å². The second-order valence-electron chi connectivity index (χ2n) is 12.5. The molecule has 3 saturated carbocycles. The number of ketones is 1. The van der Waals surface area contributed by atoms with Crippen LogP contribution in [0.5, 0.6) is 0 Å². The van der Waals surface area contributed by atoms with E-state index in [2.05, 4.69) is 20.8 Å². The van der Waals surface area contributed by atoms with Crippen molar-refractivity contribution in [1.82, 2.24) is 0 Å². The molecule has 1 spiro atoms. The maximum absolute atomic E-state index is 13.3. The molecule has 6 rings (SSSR count). The van der Waals surface area contributed by atoms with Crippen LogP contribution in [0.15, 0.2) is 23.3 Å². The summed E-state index contributed by atoms with van der Waals surface area (Å²) in [5.74, 6) is 1.61. The Morgan fingerprint density at radius 1 is 1.18 bits per heavy atom. The highest BCUT2D eigenvalue weighted by Crippen LogP contribution is 2.73. The molecule has 0 aromatic rings. The summed E-state index contributed by atoms with van der Waals surface area (Å²) in [7, 11) is 0. The molecule has 0 bridgehead atoms. The standard InChI is InChI=1S/C28H38O6/c1-14-11-21(33-25(32)17(14)13-29)15(2)18-5-6-19-16-12-24-28(34-24)23(31)8-7-22(30)27(28,4)20(16)9-10-26(18,19)3/h7-8,15-16,18-21,23-24,29,31H,5-6,9-13H2,1-4H3/t15?,16?,18?,19?,20?,21?,23?,24?,26-,27+,28-/m1/s1. The van der Waals surface area contributed by atoms with Crippen LogP contribution in [0.4, 0.5) is 0 Å². The van der Waals surface area contributed by atoms with Gasteiger partial charge in [0.05, 0.1) is 23.7 Å². The van der Waals surface area contributed by atoms with Crippen LogP contribution in [0.2, 0.25) is 0 Å². The number of carbonyl (C=O) groups excluding carboxylic acids is 2. The average Bonchev–Trinajstić information content (AvgIpc) is 3.43. The predicted octanol–water partition coefficient (Wildman–Crippen LogP) is 3.35. The number of ether oxygens (including phenoxy) is 2. The van der Waals surface area contributed by atoms with Crippen molar-refractivity contribution >= 4 is 11.8 Å². The van der Waals surface area contributed by atoms with E-state index in [-0.39, 0.29) is 47.8 Å². The SMILES string of the molecule is CC1=C(CO)C(=O)OC(C(C)C2CCC3C4CC5O[C@]56C(O)C=CC(=O)[C@]6(C)C4CC[C@]23C)C1. The fraction of sp³-hybridized carbons (Fsp3) is 0.786. The van der Waals surface area contributed by atoms with Crippen molar-refractivity contribution in [2.24, 2.45) is 40.4 Å². The third-order valence-corrected chi connectivity index (χ3v) is 11.6. The molecule has 0 aromatic carbocycles. The van der Waals surface area contributed by atoms with E-state index in [1.165, 1.54) is 0 Å². The van der Waals surface area contributed by atoms with E-state index in [4.69, 9.17) is 9.47 Å². The van der Waals surface area contributed by atoms with E-state index in [1.54, 1.807) is 12.2 Å². The van der Waals surface area contributed by atoms with Crippen LogP contribution in [0, 0.1) is 40.4 Å². The summed E-state index contributed by atoms with van der Waals surface area (Å²) in [5, 5.41) is 20.4. The molecule has 2 N–H and O–H groups in total. The molecular formula is C28H38O6. The number of allylic oxidation sites excluding steroid dienone is 1. The number of aliphatic hydroxyl groups is 2. The molecule has 1 saturated heterocycles. The van der Waals surface area contributed by atoms with Crippen molar-refractivity contribution < 1.29 is 29.3 Å². The first-order chi connectivity index (χ1) is 16.1. The Kier molecular flexibility index (Phi) is 4.90. The Labute approximate surface area is 201 Å². The summed E-state index contributed by atoms with van der Waals surface area (Å²) < 4.78 is 12.1. The molecule has 2 aliphatic heterocycles. The summed E-state index contributed by atoms with van der Waals surface area (Å²) in [6.07, 6.45) is 8.23. The largest absolute Gasteiger partial charge is 0.458 e. The zero-order chi connectivity index (χ0) is 24.2. The number of aliphatic hydroxyl groups excluding tert-OH is 2. The predicted molar refractivity (Wildman–Crippen MR) is 124 cm³/mol. The minimum absolute atomic E-state index is 0.0366. The lowest BCUT2D eigenvalue weighted by Crippen LogP contribution is -2.63. The zero-order valence-electron chi connectivity index (χ0n) is 20.8. The van der Waals surface area contributed by atoms with Crippen LogP contribution in [0.25, 0.3) is 0 Å². The fourth-order valence-corrected chi connectivity index (χ4v) is 9.69. The minimum atomic E-state index is -0.719. The average molecular weight is 471 g/mol. The molecule has 4 aliphatic carbocycles. The Morgan fingerprint density at radius 2 is 1.94 bits per heavy atom. The number of cyclic esters (lactones) is 1. The van der Waals surface area contributed by atoms with Crippen molar-refractivity contribution in [1.29, 1.82) is 0 Å². The fourth-order valence-electron chi connectivity index (χ4n) is 9.69. The van der Waals surface area contributed by atoms with Gasteiger partial charge in [-0.05, 0) is 93.1 Å². The lowest BCUT2D eigenvalue weighted by molar-refractivity contribution is -0.155. The molecule has 6 heteroatoms. The summed E-state index contributed by atoms with van der Waals surface area (Å²) >= 11 is 0. The first kappa shape index (κ1) is 22.9. The molecule has 11 atom stereocenters. The highest BCUT2D eigenvalue weighted by atomic mass is 16.6. The molecule has 0 amide bonds. The van der Waals surface area contributed by atoms with Gasteiger partial charge in [-0.15, -0.1) is 0 Å². The van der Waals surface area contributed by atoms with Crippen molar-refractivity contribution in [3.05, 3.63) is 23.3 Å². The summed E-state index contributed by atoms with van der Waals surface area (Å²) in [6, 6.07) is 0. The van der Waals surface area contributed by atoms with Gasteiger partial charge in [0.2, 0.25) is 0 Å². The maximum atomic E-state index is 13.3. The quantitative estimate of drug-likeness (QED) is 0.485. The molecule has 0 aromatic heterocycles. The Hall–Kier alpha value is -1.50. The van der Waals surface area contributed by atoms with Crippen LogP contribution < -0.4 is 0 Å². The van der Waals surface area contributed by atoms with Gasteiger partial charge >= 0.3 is 5.97 Å². The molecule has 8 unspecified atom stereocenters. The second kappa shape index (κ2) is 7.27. The number of esters is 1. The highest BCUT2D eigenvalue weighted by Gasteiger charge is 2.80. The van der Waals surface area contributed by atoms with Crippen molar-refractivity contribution in [2.75, 3.05) is 6.61 Å². The van der Waals surface area contributed by atoms with Gasteiger partial charge in [-0.1, -0.05) is 19.4 Å². The number of hydrogen-bond acceptors (Lipinski definition) is 6. The summed E-state index contributed by atoms with van der Waals surface area (Å²) in [5.41, 5.74) is 0.129. The van der Waals surface area contributed by atoms with Crippen LogP contribution in [-0.4, -0.2) is 52.5 Å². The minimum Gasteiger partial charge on any atom is -0.458 e. The Balaban J connectivity index is 1.27. The number of carbonyl (C=O) groups is 2. The first-order valence-corrected chi connectivity index (χ1v) is 13.2. The van der Waals surface area contributed by atoms with Gasteiger partial charge in [0.25, 0.3) is 0 Å². The second-order valence-corrected chi connectivity index (χ2v) is 12.5. The third-order valence-electron chi connectivity index (χ3n) is 11.6. The molecule has 2 heterocycles. The third kappa shape index (κ3) is 2.63. The summed E-state index contributed by atoms with van der Waals surface area (Å²) in [4.78, 5) is 25.8. The Morgan fingerprint density at radius 3 is 2.65 bits per heavy atom. The summed E-state index contributed by atoms with van der Waals surface area (Å²) in [6.45, 7) is 8.41. The molecule has 0 radical (unpaired) electrons. The van der Waals surface area contributed by atoms with Crippen LogP contribution in [0.1, 0.15) is 66.2 Å². The number of hydrogen-bond donors (Lipinski definition) is 2. The van der Waals surface area contributed by atoms with Crippen LogP contribution in [-0.2, 0) is 19.1 Å². The monoisotopic (exact) mass is 470 g/mol. The molecular weight excluding hydrogens is 432 g/mol. The van der Waals surface area contributed by atoms with Crippen molar-refractivity contribution in [2.45, 2.75) is 90.1 Å². The molecule has 6 aliphatic rings. The number of epoxide rings is 1. The van der Waals surface area contributed by atoms with Crippen molar-refractivity contribution in [3.63, 3.8) is 0 Å². The highest BCUT2D eigenvalue weighted by molar-refractivity contribution is 5.98. The number of fused-ring (bicyclic) bond motifs is 4. The van der Waals surface area contributed by atoms with E-state index in [1.807, 2.05) is 6.92 Å². The van der Waals surface area contributed by atoms with Gasteiger partial charge in [-0.2, -0.15) is 0 Å². The van der Waals surface area contributed by atoms with Crippen molar-refractivity contribution in [3.8, 4) is 0 Å². The Bertz CT molecular complexity index is 999. The van der Waals surface area contributed by atoms with Gasteiger partial charge in [0.15, 0.2) is 5.78 Å². The van der Waals surface area contributed by atoms with E-state index in [0.717, 1.165) is 37.7 Å². The maximum Gasteiger partial charge on any atom is 0.336 e.